The van der Waals surface area contributed by atoms with Crippen LogP contribution in [0.4, 0.5) is 0 Å². The molecule has 1 atom stereocenters. The molecule has 0 spiro atoms. The van der Waals surface area contributed by atoms with Gasteiger partial charge in [-0.3, -0.25) is 9.38 Å². The normalized spacial score (nSPS) is 20.8. The van der Waals surface area contributed by atoms with Gasteiger partial charge in [0.2, 0.25) is 0 Å². The lowest BCUT2D eigenvalue weighted by molar-refractivity contribution is 0.601. The molecule has 1 aliphatic rings. The molecule has 1 saturated heterocycles. The lowest BCUT2D eigenvalue weighted by Crippen LogP contribution is -2.15. The van der Waals surface area contributed by atoms with Crippen LogP contribution in [0.15, 0.2) is 17.0 Å². The molecule has 5 heteroatoms. The van der Waals surface area contributed by atoms with Crippen molar-refractivity contribution in [2.45, 2.75) is 25.8 Å². The van der Waals surface area contributed by atoms with E-state index in [0.29, 0.717) is 6.04 Å². The molecule has 1 fully saturated rings. The van der Waals surface area contributed by atoms with Gasteiger partial charge in [-0.1, -0.05) is 0 Å². The second kappa shape index (κ2) is 3.82. The highest BCUT2D eigenvalue weighted by molar-refractivity contribution is 9.10. The molecule has 1 aliphatic heterocycles. The Kier molecular flexibility index (Phi) is 2.44. The first kappa shape index (κ1) is 10.2. The maximum Gasteiger partial charge on any atom is 0.134 e. The average molecular weight is 281 g/mol. The SMILES string of the molecule is Cc1nccn2c(C3CCCN3)nc(Br)c12. The van der Waals surface area contributed by atoms with E-state index in [1.807, 2.05) is 19.3 Å². The number of nitrogens with one attached hydrogen (secondary N) is 1. The third kappa shape index (κ3) is 1.46. The van der Waals surface area contributed by atoms with Crippen molar-refractivity contribution in [3.05, 3.63) is 28.5 Å². The highest BCUT2D eigenvalue weighted by Gasteiger charge is 2.22. The number of imidazole rings is 1. The summed E-state index contributed by atoms with van der Waals surface area (Å²) in [6.45, 7) is 3.09. The minimum absolute atomic E-state index is 0.376. The molecule has 0 bridgehead atoms. The maximum atomic E-state index is 4.61. The maximum absolute atomic E-state index is 4.61. The van der Waals surface area contributed by atoms with Gasteiger partial charge in [0.1, 0.15) is 15.9 Å². The molecule has 4 nitrogen and oxygen atoms in total. The van der Waals surface area contributed by atoms with E-state index in [0.717, 1.165) is 34.6 Å². The second-order valence-electron chi connectivity index (χ2n) is 4.14. The van der Waals surface area contributed by atoms with Gasteiger partial charge >= 0.3 is 0 Å². The minimum atomic E-state index is 0.376. The van der Waals surface area contributed by atoms with E-state index < -0.39 is 0 Å². The molecular weight excluding hydrogens is 268 g/mol. The Balaban J connectivity index is 2.22. The molecular formula is C11H13BrN4. The summed E-state index contributed by atoms with van der Waals surface area (Å²) in [5.41, 5.74) is 2.08. The third-order valence-corrected chi connectivity index (χ3v) is 3.65. The van der Waals surface area contributed by atoms with Crippen LogP contribution in [0.3, 0.4) is 0 Å². The molecule has 2 aromatic rings. The van der Waals surface area contributed by atoms with Crippen LogP contribution in [0.5, 0.6) is 0 Å². The van der Waals surface area contributed by atoms with Gasteiger partial charge in [-0.25, -0.2) is 4.98 Å². The van der Waals surface area contributed by atoms with Gasteiger partial charge in [0.15, 0.2) is 0 Å². The molecule has 2 aromatic heterocycles. The summed E-state index contributed by atoms with van der Waals surface area (Å²) in [4.78, 5) is 8.91. The van der Waals surface area contributed by atoms with Crippen LogP contribution in [0.1, 0.15) is 30.4 Å². The highest BCUT2D eigenvalue weighted by Crippen LogP contribution is 2.28. The van der Waals surface area contributed by atoms with Crippen LogP contribution in [-0.4, -0.2) is 20.9 Å². The number of aromatic nitrogens is 3. The molecule has 0 amide bonds. The van der Waals surface area contributed by atoms with Gasteiger partial charge in [0.25, 0.3) is 0 Å². The van der Waals surface area contributed by atoms with E-state index in [1.165, 1.54) is 6.42 Å². The number of halogens is 1. The predicted octanol–water partition coefficient (Wildman–Crippen LogP) is 2.22. The molecule has 1 unspecified atom stereocenters. The zero-order valence-corrected chi connectivity index (χ0v) is 10.7. The molecule has 1 N–H and O–H groups in total. The highest BCUT2D eigenvalue weighted by atomic mass is 79.9. The predicted molar refractivity (Wildman–Crippen MR) is 65.4 cm³/mol. The quantitative estimate of drug-likeness (QED) is 0.871. The lowest BCUT2D eigenvalue weighted by atomic mass is 10.2. The molecule has 0 aliphatic carbocycles. The molecule has 0 radical (unpaired) electrons. The van der Waals surface area contributed by atoms with Crippen molar-refractivity contribution in [3.63, 3.8) is 0 Å². The summed E-state index contributed by atoms with van der Waals surface area (Å²) in [6, 6.07) is 0.376. The Morgan fingerprint density at radius 1 is 1.56 bits per heavy atom. The fraction of sp³-hybridized carbons (Fsp3) is 0.455. The molecule has 0 aromatic carbocycles. The first-order chi connectivity index (χ1) is 7.77. The van der Waals surface area contributed by atoms with E-state index in [1.54, 1.807) is 0 Å². The van der Waals surface area contributed by atoms with Crippen LogP contribution in [0.25, 0.3) is 5.52 Å². The second-order valence-corrected chi connectivity index (χ2v) is 4.89. The van der Waals surface area contributed by atoms with Gasteiger partial charge < -0.3 is 5.32 Å². The topological polar surface area (TPSA) is 42.2 Å². The fourth-order valence-corrected chi connectivity index (χ4v) is 2.98. The Morgan fingerprint density at radius 3 is 3.19 bits per heavy atom. The molecule has 16 heavy (non-hydrogen) atoms. The van der Waals surface area contributed by atoms with Crippen molar-refractivity contribution in [1.82, 2.24) is 19.7 Å². The van der Waals surface area contributed by atoms with E-state index in [9.17, 15) is 0 Å². The Bertz CT molecular complexity index is 528. The van der Waals surface area contributed by atoms with E-state index in [-0.39, 0.29) is 0 Å². The van der Waals surface area contributed by atoms with Crippen LogP contribution >= 0.6 is 15.9 Å². The molecule has 3 rings (SSSR count). The summed E-state index contributed by atoms with van der Waals surface area (Å²) in [6.07, 6.45) is 6.19. The van der Waals surface area contributed by atoms with Crippen LogP contribution < -0.4 is 5.32 Å². The summed E-state index contributed by atoms with van der Waals surface area (Å²) in [7, 11) is 0. The van der Waals surface area contributed by atoms with E-state index >= 15 is 0 Å². The summed E-state index contributed by atoms with van der Waals surface area (Å²) in [5, 5.41) is 3.47. The van der Waals surface area contributed by atoms with Crippen molar-refractivity contribution in [3.8, 4) is 0 Å². The van der Waals surface area contributed by atoms with Gasteiger partial charge in [0.05, 0.1) is 11.7 Å². The molecule has 3 heterocycles. The first-order valence-corrected chi connectivity index (χ1v) is 6.29. The van der Waals surface area contributed by atoms with Crippen molar-refractivity contribution < 1.29 is 0 Å². The largest absolute Gasteiger partial charge is 0.307 e. The van der Waals surface area contributed by atoms with Gasteiger partial charge in [-0.2, -0.15) is 0 Å². The monoisotopic (exact) mass is 280 g/mol. The average Bonchev–Trinajstić information content (AvgIpc) is 2.86. The number of hydrogen-bond donors (Lipinski definition) is 1. The minimum Gasteiger partial charge on any atom is -0.307 e. The summed E-state index contributed by atoms with van der Waals surface area (Å²) < 4.78 is 3.02. The van der Waals surface area contributed by atoms with Crippen molar-refractivity contribution in [1.29, 1.82) is 0 Å². The number of nitrogens with zero attached hydrogens (tertiary/aromatic N) is 3. The zero-order chi connectivity index (χ0) is 11.1. The number of fused-ring (bicyclic) bond motifs is 1. The van der Waals surface area contributed by atoms with Crippen LogP contribution in [0, 0.1) is 6.92 Å². The third-order valence-electron chi connectivity index (χ3n) is 3.09. The molecule has 0 saturated carbocycles. The van der Waals surface area contributed by atoms with Gasteiger partial charge in [-0.05, 0) is 42.2 Å². The van der Waals surface area contributed by atoms with Crippen LogP contribution in [-0.2, 0) is 0 Å². The van der Waals surface area contributed by atoms with Crippen molar-refractivity contribution in [2.24, 2.45) is 0 Å². The standard InChI is InChI=1S/C11H13BrN4/c1-7-9-10(12)15-11(8-3-2-4-14-8)16(9)6-5-13-7/h5-6,8,14H,2-4H2,1H3. The zero-order valence-electron chi connectivity index (χ0n) is 9.07. The number of hydrogen-bond acceptors (Lipinski definition) is 3. The van der Waals surface area contributed by atoms with E-state index in [2.05, 4.69) is 35.6 Å². The Hall–Kier alpha value is -0.940. The fourth-order valence-electron chi connectivity index (χ4n) is 2.32. The lowest BCUT2D eigenvalue weighted by Gasteiger charge is -2.08. The molecule has 84 valence electrons. The number of aryl methyl sites for hydroxylation is 1. The number of rotatable bonds is 1. The van der Waals surface area contributed by atoms with Gasteiger partial charge in [-0.15, -0.1) is 0 Å². The summed E-state index contributed by atoms with van der Waals surface area (Å²) in [5.74, 6) is 1.09. The van der Waals surface area contributed by atoms with Crippen molar-refractivity contribution in [2.75, 3.05) is 6.54 Å². The Morgan fingerprint density at radius 2 is 2.44 bits per heavy atom. The smallest absolute Gasteiger partial charge is 0.134 e. The Labute approximate surface area is 102 Å². The van der Waals surface area contributed by atoms with Crippen molar-refractivity contribution >= 4 is 21.4 Å². The van der Waals surface area contributed by atoms with Gasteiger partial charge in [0, 0.05) is 12.4 Å². The summed E-state index contributed by atoms with van der Waals surface area (Å²) >= 11 is 3.52. The first-order valence-electron chi connectivity index (χ1n) is 5.50. The van der Waals surface area contributed by atoms with Crippen LogP contribution in [0.2, 0.25) is 0 Å². The van der Waals surface area contributed by atoms with E-state index in [4.69, 9.17) is 0 Å².